The standard InChI is InChI=1S/C25H21NO4/c27-23-20-15-14-19(25(29)30)16-21(20)24(28)26(23)22(18-11-5-2-6-12-18)13-7-10-17-8-3-1-4-9-17/h1-6,8-9,11-12,14-16,22H,7,10,13H2,(H,29,30)/t22-/m1/s1. The number of amides is 2. The number of hydrogen-bond acceptors (Lipinski definition) is 3. The predicted octanol–water partition coefficient (Wildman–Crippen LogP) is 4.75. The van der Waals surface area contributed by atoms with E-state index in [9.17, 15) is 19.5 Å². The zero-order chi connectivity index (χ0) is 21.1. The molecule has 5 heteroatoms. The van der Waals surface area contributed by atoms with E-state index in [2.05, 4.69) is 12.1 Å². The van der Waals surface area contributed by atoms with Crippen LogP contribution in [0.2, 0.25) is 0 Å². The van der Waals surface area contributed by atoms with Gasteiger partial charge >= 0.3 is 5.97 Å². The molecule has 4 rings (SSSR count). The molecule has 1 atom stereocenters. The molecule has 0 spiro atoms. The maximum atomic E-state index is 13.1. The quantitative estimate of drug-likeness (QED) is 0.582. The maximum absolute atomic E-state index is 13.1. The highest BCUT2D eigenvalue weighted by Gasteiger charge is 2.40. The fraction of sp³-hybridized carbons (Fsp3) is 0.160. The number of carbonyl (C=O) groups is 3. The Morgan fingerprint density at radius 2 is 1.47 bits per heavy atom. The summed E-state index contributed by atoms with van der Waals surface area (Å²) in [5.41, 5.74) is 2.51. The molecule has 1 aliphatic heterocycles. The number of hydrogen-bond donors (Lipinski definition) is 1. The molecule has 0 aromatic heterocycles. The Hall–Kier alpha value is -3.73. The molecule has 1 aliphatic rings. The maximum Gasteiger partial charge on any atom is 0.335 e. The topological polar surface area (TPSA) is 74.7 Å². The van der Waals surface area contributed by atoms with Crippen molar-refractivity contribution >= 4 is 17.8 Å². The normalized spacial score (nSPS) is 13.9. The zero-order valence-corrected chi connectivity index (χ0v) is 16.3. The second-order valence-electron chi connectivity index (χ2n) is 7.35. The van der Waals surface area contributed by atoms with Crippen LogP contribution < -0.4 is 0 Å². The van der Waals surface area contributed by atoms with Crippen molar-refractivity contribution in [1.29, 1.82) is 0 Å². The van der Waals surface area contributed by atoms with Gasteiger partial charge in [0.05, 0.1) is 22.7 Å². The molecule has 0 unspecified atom stereocenters. The number of nitrogens with zero attached hydrogens (tertiary/aromatic N) is 1. The van der Waals surface area contributed by atoms with E-state index in [1.54, 1.807) is 0 Å². The smallest absolute Gasteiger partial charge is 0.335 e. The van der Waals surface area contributed by atoms with Gasteiger partial charge in [0.25, 0.3) is 11.8 Å². The fourth-order valence-corrected chi connectivity index (χ4v) is 3.94. The largest absolute Gasteiger partial charge is 0.478 e. The van der Waals surface area contributed by atoms with Crippen LogP contribution in [0.25, 0.3) is 0 Å². The Morgan fingerprint density at radius 3 is 2.13 bits per heavy atom. The van der Waals surface area contributed by atoms with Gasteiger partial charge in [0.1, 0.15) is 0 Å². The molecule has 3 aromatic rings. The molecule has 0 aliphatic carbocycles. The van der Waals surface area contributed by atoms with Gasteiger partial charge in [-0.1, -0.05) is 60.7 Å². The van der Waals surface area contributed by atoms with Gasteiger partial charge in [0.2, 0.25) is 0 Å². The third kappa shape index (κ3) is 3.74. The van der Waals surface area contributed by atoms with Gasteiger partial charge in [-0.05, 0) is 48.6 Å². The molecule has 150 valence electrons. The molecular formula is C25H21NO4. The molecule has 30 heavy (non-hydrogen) atoms. The number of aryl methyl sites for hydroxylation is 1. The van der Waals surface area contributed by atoms with E-state index in [0.717, 1.165) is 18.4 Å². The van der Waals surface area contributed by atoms with E-state index in [1.165, 1.54) is 28.7 Å². The molecule has 1 heterocycles. The van der Waals surface area contributed by atoms with Crippen LogP contribution in [0.5, 0.6) is 0 Å². The van der Waals surface area contributed by atoms with Gasteiger partial charge in [0.15, 0.2) is 0 Å². The Kier molecular flexibility index (Phi) is 5.44. The van der Waals surface area contributed by atoms with Crippen LogP contribution in [0.3, 0.4) is 0 Å². The Bertz CT molecular complexity index is 1090. The molecule has 0 radical (unpaired) electrons. The summed E-state index contributed by atoms with van der Waals surface area (Å²) >= 11 is 0. The Morgan fingerprint density at radius 1 is 0.833 bits per heavy atom. The summed E-state index contributed by atoms with van der Waals surface area (Å²) in [6, 6.07) is 23.3. The lowest BCUT2D eigenvalue weighted by atomic mass is 9.97. The number of benzene rings is 3. The molecule has 0 fully saturated rings. The highest BCUT2D eigenvalue weighted by Crippen LogP contribution is 2.35. The minimum atomic E-state index is -1.13. The van der Waals surface area contributed by atoms with Crippen LogP contribution in [0.1, 0.15) is 61.1 Å². The van der Waals surface area contributed by atoms with Gasteiger partial charge in [-0.25, -0.2) is 4.79 Å². The minimum absolute atomic E-state index is 0.00270. The zero-order valence-electron chi connectivity index (χ0n) is 16.3. The van der Waals surface area contributed by atoms with Crippen molar-refractivity contribution in [1.82, 2.24) is 4.90 Å². The van der Waals surface area contributed by atoms with Gasteiger partial charge in [-0.3, -0.25) is 14.5 Å². The summed E-state index contributed by atoms with van der Waals surface area (Å²) in [4.78, 5) is 38.8. The average molecular weight is 399 g/mol. The summed E-state index contributed by atoms with van der Waals surface area (Å²) in [7, 11) is 0. The summed E-state index contributed by atoms with van der Waals surface area (Å²) in [5.74, 6) is -1.94. The molecule has 5 nitrogen and oxygen atoms in total. The third-order valence-corrected chi connectivity index (χ3v) is 5.45. The van der Waals surface area contributed by atoms with Crippen molar-refractivity contribution < 1.29 is 19.5 Å². The van der Waals surface area contributed by atoms with E-state index in [0.29, 0.717) is 6.42 Å². The van der Waals surface area contributed by atoms with Gasteiger partial charge in [0, 0.05) is 0 Å². The van der Waals surface area contributed by atoms with E-state index in [-0.39, 0.29) is 22.6 Å². The Labute approximate surface area is 174 Å². The number of imide groups is 1. The van der Waals surface area contributed by atoms with Crippen molar-refractivity contribution in [3.8, 4) is 0 Å². The molecule has 0 saturated heterocycles. The lowest BCUT2D eigenvalue weighted by molar-refractivity contribution is 0.0571. The highest BCUT2D eigenvalue weighted by atomic mass is 16.4. The molecule has 0 saturated carbocycles. The number of aromatic carboxylic acids is 1. The second-order valence-corrected chi connectivity index (χ2v) is 7.35. The van der Waals surface area contributed by atoms with Crippen LogP contribution >= 0.6 is 0 Å². The third-order valence-electron chi connectivity index (χ3n) is 5.45. The molecule has 1 N–H and O–H groups in total. The van der Waals surface area contributed by atoms with E-state index in [1.807, 2.05) is 48.5 Å². The first kappa shape index (κ1) is 19.6. The molecule has 0 bridgehead atoms. The fourth-order valence-electron chi connectivity index (χ4n) is 3.94. The second kappa shape index (κ2) is 8.33. The van der Waals surface area contributed by atoms with Crippen LogP contribution in [-0.2, 0) is 6.42 Å². The summed E-state index contributed by atoms with van der Waals surface area (Å²) in [5, 5.41) is 9.24. The minimum Gasteiger partial charge on any atom is -0.478 e. The van der Waals surface area contributed by atoms with Gasteiger partial charge in [-0.15, -0.1) is 0 Å². The van der Waals surface area contributed by atoms with Crippen LogP contribution in [0, 0.1) is 0 Å². The Balaban J connectivity index is 1.62. The van der Waals surface area contributed by atoms with E-state index in [4.69, 9.17) is 0 Å². The average Bonchev–Trinajstić information content (AvgIpc) is 3.02. The van der Waals surface area contributed by atoms with Gasteiger partial charge < -0.3 is 5.11 Å². The van der Waals surface area contributed by atoms with Crippen molar-refractivity contribution in [2.45, 2.75) is 25.3 Å². The first-order valence-corrected chi connectivity index (χ1v) is 9.90. The lowest BCUT2D eigenvalue weighted by Gasteiger charge is -2.27. The summed E-state index contributed by atoms with van der Waals surface area (Å²) in [6.07, 6.45) is 2.27. The molecular weight excluding hydrogens is 378 g/mol. The number of fused-ring (bicyclic) bond motifs is 1. The monoisotopic (exact) mass is 399 g/mol. The SMILES string of the molecule is O=C(O)c1ccc2c(c1)C(=O)N([C@H](CCCc1ccccc1)c1ccccc1)C2=O. The lowest BCUT2D eigenvalue weighted by Crippen LogP contribution is -2.34. The van der Waals surface area contributed by atoms with E-state index < -0.39 is 17.9 Å². The molecule has 2 amide bonds. The first-order valence-electron chi connectivity index (χ1n) is 9.90. The van der Waals surface area contributed by atoms with Crippen LogP contribution in [0.15, 0.2) is 78.9 Å². The first-order chi connectivity index (χ1) is 14.6. The van der Waals surface area contributed by atoms with Crippen molar-refractivity contribution in [3.63, 3.8) is 0 Å². The number of rotatable bonds is 7. The van der Waals surface area contributed by atoms with Crippen LogP contribution in [0.4, 0.5) is 0 Å². The number of carboxylic acids is 1. The number of carboxylic acid groups (broad SMARTS) is 1. The van der Waals surface area contributed by atoms with E-state index >= 15 is 0 Å². The molecule has 3 aromatic carbocycles. The van der Waals surface area contributed by atoms with Crippen molar-refractivity contribution in [3.05, 3.63) is 107 Å². The van der Waals surface area contributed by atoms with Crippen molar-refractivity contribution in [2.75, 3.05) is 0 Å². The predicted molar refractivity (Wildman–Crippen MR) is 112 cm³/mol. The van der Waals surface area contributed by atoms with Crippen LogP contribution in [-0.4, -0.2) is 27.8 Å². The van der Waals surface area contributed by atoms with Gasteiger partial charge in [-0.2, -0.15) is 0 Å². The summed E-state index contributed by atoms with van der Waals surface area (Å²) < 4.78 is 0. The highest BCUT2D eigenvalue weighted by molar-refractivity contribution is 6.22. The summed E-state index contributed by atoms with van der Waals surface area (Å²) in [6.45, 7) is 0. The number of carbonyl (C=O) groups excluding carboxylic acids is 2. The van der Waals surface area contributed by atoms with Crippen molar-refractivity contribution in [2.24, 2.45) is 0 Å².